The van der Waals surface area contributed by atoms with E-state index in [1.807, 2.05) is 6.92 Å². The monoisotopic (exact) mass is 209 g/mol. The minimum absolute atomic E-state index is 0.00574. The van der Waals surface area contributed by atoms with Gasteiger partial charge in [-0.1, -0.05) is 6.07 Å². The fraction of sp³-hybridized carbons (Fsp3) is 0.500. The molecule has 0 aromatic heterocycles. The van der Waals surface area contributed by atoms with Gasteiger partial charge in [0.1, 0.15) is 11.6 Å². The lowest BCUT2D eigenvalue weighted by molar-refractivity contribution is 0.462. The molecule has 0 heterocycles. The third-order valence-corrected chi connectivity index (χ3v) is 2.86. The second-order valence-corrected chi connectivity index (χ2v) is 4.28. The van der Waals surface area contributed by atoms with Crippen LogP contribution in [0, 0.1) is 11.7 Å². The van der Waals surface area contributed by atoms with E-state index in [1.165, 1.54) is 18.9 Å². The van der Waals surface area contributed by atoms with Crippen molar-refractivity contribution in [1.29, 1.82) is 0 Å². The molecular formula is C12H16FNO. The van der Waals surface area contributed by atoms with E-state index in [-0.39, 0.29) is 17.6 Å². The molecule has 3 heteroatoms. The Labute approximate surface area is 89.1 Å². The van der Waals surface area contributed by atoms with Crippen LogP contribution in [0.3, 0.4) is 0 Å². The van der Waals surface area contributed by atoms with Crippen molar-refractivity contribution in [1.82, 2.24) is 5.32 Å². The topological polar surface area (TPSA) is 32.3 Å². The molecule has 1 aromatic rings. The maximum atomic E-state index is 13.4. The summed E-state index contributed by atoms with van der Waals surface area (Å²) in [5, 5.41) is 12.4. The maximum absolute atomic E-state index is 13.4. The molecule has 0 bridgehead atoms. The normalized spacial score (nSPS) is 17.7. The Kier molecular flexibility index (Phi) is 2.91. The predicted octanol–water partition coefficient (Wildman–Crippen LogP) is 2.59. The number of phenolic OH excluding ortho intramolecular Hbond substituents is 1. The van der Waals surface area contributed by atoms with Crippen molar-refractivity contribution in [3.05, 3.63) is 29.6 Å². The highest BCUT2D eigenvalue weighted by Crippen LogP contribution is 2.29. The van der Waals surface area contributed by atoms with Crippen LogP contribution >= 0.6 is 0 Å². The van der Waals surface area contributed by atoms with Crippen molar-refractivity contribution in [2.75, 3.05) is 6.54 Å². The van der Waals surface area contributed by atoms with Crippen LogP contribution < -0.4 is 5.32 Å². The highest BCUT2D eigenvalue weighted by molar-refractivity contribution is 5.29. The van der Waals surface area contributed by atoms with E-state index in [1.54, 1.807) is 6.07 Å². The molecule has 0 radical (unpaired) electrons. The quantitative estimate of drug-likeness (QED) is 0.798. The van der Waals surface area contributed by atoms with Crippen molar-refractivity contribution >= 4 is 0 Å². The molecule has 0 saturated heterocycles. The molecule has 0 aliphatic heterocycles. The Morgan fingerprint density at radius 1 is 1.53 bits per heavy atom. The van der Waals surface area contributed by atoms with E-state index >= 15 is 0 Å². The zero-order valence-electron chi connectivity index (χ0n) is 8.83. The number of rotatable bonds is 4. The lowest BCUT2D eigenvalue weighted by Crippen LogP contribution is -2.21. The number of phenols is 1. The number of hydrogen-bond acceptors (Lipinski definition) is 2. The molecule has 2 nitrogen and oxygen atoms in total. The third kappa shape index (κ3) is 2.69. The Morgan fingerprint density at radius 3 is 2.87 bits per heavy atom. The summed E-state index contributed by atoms with van der Waals surface area (Å²) in [6, 6.07) is 4.32. The fourth-order valence-corrected chi connectivity index (χ4v) is 1.64. The van der Waals surface area contributed by atoms with Gasteiger partial charge in [-0.05, 0) is 38.3 Å². The molecule has 1 fully saturated rings. The minimum atomic E-state index is -0.342. The molecule has 2 N–H and O–H groups in total. The van der Waals surface area contributed by atoms with E-state index in [9.17, 15) is 4.39 Å². The highest BCUT2D eigenvalue weighted by atomic mass is 19.1. The van der Waals surface area contributed by atoms with Gasteiger partial charge in [0, 0.05) is 17.7 Å². The van der Waals surface area contributed by atoms with Crippen LogP contribution in [0.5, 0.6) is 5.75 Å². The zero-order valence-corrected chi connectivity index (χ0v) is 8.83. The molecule has 1 aliphatic rings. The van der Waals surface area contributed by atoms with Gasteiger partial charge in [-0.2, -0.15) is 0 Å². The molecular weight excluding hydrogens is 193 g/mol. The van der Waals surface area contributed by atoms with Crippen molar-refractivity contribution in [2.45, 2.75) is 25.8 Å². The van der Waals surface area contributed by atoms with Gasteiger partial charge >= 0.3 is 0 Å². The summed E-state index contributed by atoms with van der Waals surface area (Å²) < 4.78 is 13.4. The molecule has 1 aromatic carbocycles. The van der Waals surface area contributed by atoms with Crippen molar-refractivity contribution in [3.63, 3.8) is 0 Å². The Balaban J connectivity index is 1.99. The van der Waals surface area contributed by atoms with Gasteiger partial charge in [0.2, 0.25) is 0 Å². The lowest BCUT2D eigenvalue weighted by Gasteiger charge is -2.14. The number of halogens is 1. The number of aromatic hydroxyl groups is 1. The van der Waals surface area contributed by atoms with Gasteiger partial charge in [-0.3, -0.25) is 0 Å². The summed E-state index contributed by atoms with van der Waals surface area (Å²) in [5.74, 6) is 0.420. The second kappa shape index (κ2) is 4.19. The molecule has 2 rings (SSSR count). The maximum Gasteiger partial charge on any atom is 0.131 e. The van der Waals surface area contributed by atoms with Crippen LogP contribution in [0.2, 0.25) is 0 Å². The predicted molar refractivity (Wildman–Crippen MR) is 57.2 cm³/mol. The van der Waals surface area contributed by atoms with Crippen molar-refractivity contribution in [2.24, 2.45) is 5.92 Å². The van der Waals surface area contributed by atoms with E-state index in [0.717, 1.165) is 18.5 Å². The van der Waals surface area contributed by atoms with Crippen LogP contribution in [-0.4, -0.2) is 11.7 Å². The molecule has 1 unspecified atom stereocenters. The third-order valence-electron chi connectivity index (χ3n) is 2.86. The molecule has 0 amide bonds. The Bertz CT molecular complexity index is 349. The first-order valence-corrected chi connectivity index (χ1v) is 5.38. The van der Waals surface area contributed by atoms with Gasteiger partial charge < -0.3 is 10.4 Å². The summed E-state index contributed by atoms with van der Waals surface area (Å²) in [6.45, 7) is 2.90. The van der Waals surface area contributed by atoms with Gasteiger partial charge in [0.25, 0.3) is 0 Å². The van der Waals surface area contributed by atoms with E-state index in [0.29, 0.717) is 5.56 Å². The van der Waals surface area contributed by atoms with Gasteiger partial charge in [0.05, 0.1) is 0 Å². The van der Waals surface area contributed by atoms with Crippen LogP contribution in [0.1, 0.15) is 31.4 Å². The van der Waals surface area contributed by atoms with Crippen LogP contribution in [0.15, 0.2) is 18.2 Å². The van der Waals surface area contributed by atoms with Crippen LogP contribution in [-0.2, 0) is 0 Å². The minimum Gasteiger partial charge on any atom is -0.508 e. The lowest BCUT2D eigenvalue weighted by atomic mass is 10.1. The summed E-state index contributed by atoms with van der Waals surface area (Å²) in [7, 11) is 0. The smallest absolute Gasteiger partial charge is 0.131 e. The number of hydrogen-bond donors (Lipinski definition) is 2. The van der Waals surface area contributed by atoms with Gasteiger partial charge in [0.15, 0.2) is 0 Å². The second-order valence-electron chi connectivity index (χ2n) is 4.28. The molecule has 1 aliphatic carbocycles. The standard InChI is InChI=1S/C12H16FNO/c1-8(14-7-9-2-3-9)11-5-4-10(15)6-12(11)13/h4-6,8-9,14-15H,2-3,7H2,1H3. The summed E-state index contributed by atoms with van der Waals surface area (Å²) in [4.78, 5) is 0. The summed E-state index contributed by atoms with van der Waals surface area (Å²) in [6.07, 6.45) is 2.58. The molecule has 0 spiro atoms. The first-order valence-electron chi connectivity index (χ1n) is 5.38. The van der Waals surface area contributed by atoms with Gasteiger partial charge in [-0.15, -0.1) is 0 Å². The van der Waals surface area contributed by atoms with Crippen LogP contribution in [0.4, 0.5) is 4.39 Å². The van der Waals surface area contributed by atoms with Crippen LogP contribution in [0.25, 0.3) is 0 Å². The van der Waals surface area contributed by atoms with Crippen molar-refractivity contribution < 1.29 is 9.50 Å². The average Bonchev–Trinajstić information content (AvgIpc) is 2.97. The number of nitrogens with one attached hydrogen (secondary N) is 1. The first kappa shape index (κ1) is 10.4. The van der Waals surface area contributed by atoms with Gasteiger partial charge in [-0.25, -0.2) is 4.39 Å². The van der Waals surface area contributed by atoms with E-state index < -0.39 is 0 Å². The highest BCUT2D eigenvalue weighted by Gasteiger charge is 2.22. The molecule has 1 saturated carbocycles. The summed E-state index contributed by atoms with van der Waals surface area (Å²) >= 11 is 0. The van der Waals surface area contributed by atoms with E-state index in [4.69, 9.17) is 5.11 Å². The largest absolute Gasteiger partial charge is 0.508 e. The molecule has 15 heavy (non-hydrogen) atoms. The molecule has 82 valence electrons. The Hall–Kier alpha value is -1.09. The zero-order chi connectivity index (χ0) is 10.8. The van der Waals surface area contributed by atoms with Crippen molar-refractivity contribution in [3.8, 4) is 5.75 Å². The summed E-state index contributed by atoms with van der Waals surface area (Å²) in [5.41, 5.74) is 0.619. The molecule has 1 atom stereocenters. The Morgan fingerprint density at radius 2 is 2.27 bits per heavy atom. The SMILES string of the molecule is CC(NCC1CC1)c1ccc(O)cc1F. The van der Waals surface area contributed by atoms with E-state index in [2.05, 4.69) is 5.32 Å². The fourth-order valence-electron chi connectivity index (χ4n) is 1.64. The average molecular weight is 209 g/mol. The first-order chi connectivity index (χ1) is 7.16. The number of benzene rings is 1.